The number of Topliss-reactive ketones (excluding diaryl/α,β-unsaturated/α-hetero) is 1. The van der Waals surface area contributed by atoms with Crippen molar-refractivity contribution in [2.75, 3.05) is 4.90 Å². The molecule has 3 aliphatic rings. The van der Waals surface area contributed by atoms with E-state index in [1.54, 1.807) is 4.90 Å². The summed E-state index contributed by atoms with van der Waals surface area (Å²) in [6.45, 7) is 0. The third-order valence-corrected chi connectivity index (χ3v) is 6.35. The van der Waals surface area contributed by atoms with Crippen molar-refractivity contribution in [1.82, 2.24) is 4.90 Å². The van der Waals surface area contributed by atoms with Crippen LogP contribution in [0.2, 0.25) is 0 Å². The second kappa shape index (κ2) is 7.74. The van der Waals surface area contributed by atoms with Crippen LogP contribution in [0.3, 0.4) is 0 Å². The summed E-state index contributed by atoms with van der Waals surface area (Å²) in [6, 6.07) is 10.3. The highest BCUT2D eigenvalue weighted by Gasteiger charge is 2.63. The van der Waals surface area contributed by atoms with Crippen molar-refractivity contribution in [2.45, 2.75) is 12.1 Å². The van der Waals surface area contributed by atoms with Crippen LogP contribution in [0, 0.1) is 39.1 Å². The standard InChI is InChI=1S/C24H15FN4O5/c25-15-4-2-5-16(11-15)28-23(31)19-18-9-13(12-26)7-8-27(18)21(20(19)24(28)32)22(30)14-3-1-6-17(10-14)29(33)34/h1-11,18-21H/t18-,19+,20+,21-/m1/s1. The van der Waals surface area contributed by atoms with Gasteiger partial charge in [0.25, 0.3) is 5.69 Å². The first-order valence-electron chi connectivity index (χ1n) is 10.3. The first-order chi connectivity index (χ1) is 16.3. The van der Waals surface area contributed by atoms with Crippen molar-refractivity contribution in [3.05, 3.63) is 94.0 Å². The number of nitrogens with zero attached hydrogens (tertiary/aromatic N) is 4. The summed E-state index contributed by atoms with van der Waals surface area (Å²) in [5, 5.41) is 20.5. The molecule has 34 heavy (non-hydrogen) atoms. The Morgan fingerprint density at radius 2 is 1.82 bits per heavy atom. The van der Waals surface area contributed by atoms with Crippen LogP contribution < -0.4 is 4.90 Å². The van der Waals surface area contributed by atoms with E-state index < -0.39 is 52.3 Å². The summed E-state index contributed by atoms with van der Waals surface area (Å²) < 4.78 is 13.8. The summed E-state index contributed by atoms with van der Waals surface area (Å²) >= 11 is 0. The maximum Gasteiger partial charge on any atom is 0.270 e. The Hall–Kier alpha value is -4.65. The molecule has 4 atom stereocenters. The number of allylic oxidation sites excluding steroid dienone is 2. The molecular weight excluding hydrogens is 443 g/mol. The lowest BCUT2D eigenvalue weighted by Crippen LogP contribution is -2.46. The predicted octanol–water partition coefficient (Wildman–Crippen LogP) is 2.75. The number of hydrogen-bond donors (Lipinski definition) is 0. The molecule has 10 heteroatoms. The first kappa shape index (κ1) is 21.2. The number of carbonyl (C=O) groups excluding carboxylic acids is 3. The fourth-order valence-electron chi connectivity index (χ4n) is 4.93. The number of anilines is 1. The van der Waals surface area contributed by atoms with Gasteiger partial charge in [-0.1, -0.05) is 18.2 Å². The Balaban J connectivity index is 1.61. The van der Waals surface area contributed by atoms with E-state index in [9.17, 15) is 34.2 Å². The molecule has 0 aromatic heterocycles. The van der Waals surface area contributed by atoms with E-state index in [1.807, 2.05) is 6.07 Å². The molecule has 5 rings (SSSR count). The Morgan fingerprint density at radius 1 is 1.09 bits per heavy atom. The SMILES string of the molecule is N#CC1=C[C@@H]2[C@@H]3C(=O)N(c4cccc(F)c4)C(=O)[C@@H]3[C@H](C(=O)c3cccc([N+](=O)[O-])c3)N2C=C1. The number of imide groups is 1. The average Bonchev–Trinajstić information content (AvgIpc) is 3.30. The number of hydrogen-bond acceptors (Lipinski definition) is 7. The Morgan fingerprint density at radius 3 is 2.53 bits per heavy atom. The molecule has 0 bridgehead atoms. The number of nitro groups is 1. The number of benzene rings is 2. The fourth-order valence-corrected chi connectivity index (χ4v) is 4.93. The van der Waals surface area contributed by atoms with Crippen LogP contribution in [-0.4, -0.2) is 39.5 Å². The summed E-state index contributed by atoms with van der Waals surface area (Å²) in [7, 11) is 0. The van der Waals surface area contributed by atoms with Crippen LogP contribution in [0.4, 0.5) is 15.8 Å². The number of carbonyl (C=O) groups is 3. The topological polar surface area (TPSA) is 125 Å². The lowest BCUT2D eigenvalue weighted by atomic mass is 9.86. The van der Waals surface area contributed by atoms with Gasteiger partial charge in [0.05, 0.1) is 40.1 Å². The van der Waals surface area contributed by atoms with E-state index in [0.29, 0.717) is 0 Å². The molecule has 3 aliphatic heterocycles. The zero-order chi connectivity index (χ0) is 24.1. The Bertz CT molecular complexity index is 1380. The van der Waals surface area contributed by atoms with E-state index in [-0.39, 0.29) is 22.5 Å². The van der Waals surface area contributed by atoms with Gasteiger partial charge < -0.3 is 4.90 Å². The van der Waals surface area contributed by atoms with Gasteiger partial charge in [0.1, 0.15) is 11.9 Å². The summed E-state index contributed by atoms with van der Waals surface area (Å²) in [4.78, 5) is 53.5. The van der Waals surface area contributed by atoms with E-state index in [0.717, 1.165) is 17.0 Å². The smallest absolute Gasteiger partial charge is 0.270 e. The minimum Gasteiger partial charge on any atom is -0.359 e. The van der Waals surface area contributed by atoms with Crippen LogP contribution in [-0.2, 0) is 9.59 Å². The maximum absolute atomic E-state index is 13.8. The van der Waals surface area contributed by atoms with Crippen molar-refractivity contribution in [3.8, 4) is 6.07 Å². The highest BCUT2D eigenvalue weighted by atomic mass is 19.1. The van der Waals surface area contributed by atoms with E-state index in [2.05, 4.69) is 0 Å². The quantitative estimate of drug-likeness (QED) is 0.299. The molecule has 2 saturated heterocycles. The minimum atomic E-state index is -1.14. The van der Waals surface area contributed by atoms with Crippen molar-refractivity contribution in [2.24, 2.45) is 11.8 Å². The monoisotopic (exact) mass is 458 g/mol. The summed E-state index contributed by atoms with van der Waals surface area (Å²) in [5.74, 6) is -4.58. The second-order valence-electron chi connectivity index (χ2n) is 8.15. The number of ketones is 1. The van der Waals surface area contributed by atoms with Crippen LogP contribution in [0.5, 0.6) is 0 Å². The molecule has 0 spiro atoms. The molecule has 3 heterocycles. The molecule has 2 amide bonds. The minimum absolute atomic E-state index is 0.0199. The van der Waals surface area contributed by atoms with Gasteiger partial charge in [-0.3, -0.25) is 24.5 Å². The number of non-ortho nitro benzene ring substituents is 1. The van der Waals surface area contributed by atoms with Gasteiger partial charge >= 0.3 is 0 Å². The van der Waals surface area contributed by atoms with Crippen molar-refractivity contribution < 1.29 is 23.7 Å². The lowest BCUT2D eigenvalue weighted by molar-refractivity contribution is -0.384. The van der Waals surface area contributed by atoms with Crippen molar-refractivity contribution in [1.29, 1.82) is 5.26 Å². The van der Waals surface area contributed by atoms with Crippen LogP contribution in [0.15, 0.2) is 72.5 Å². The van der Waals surface area contributed by atoms with Crippen LogP contribution in [0.1, 0.15) is 10.4 Å². The molecule has 2 aromatic rings. The number of halogens is 1. The van der Waals surface area contributed by atoms with Gasteiger partial charge in [-0.2, -0.15) is 5.26 Å². The zero-order valence-electron chi connectivity index (χ0n) is 17.4. The molecule has 0 saturated carbocycles. The number of amides is 2. The molecule has 0 N–H and O–H groups in total. The van der Waals surface area contributed by atoms with Crippen molar-refractivity contribution in [3.63, 3.8) is 0 Å². The number of nitro benzene ring substituents is 1. The number of nitriles is 1. The maximum atomic E-state index is 13.8. The molecule has 2 fully saturated rings. The normalized spacial score (nSPS) is 25.0. The molecule has 2 aromatic carbocycles. The molecule has 9 nitrogen and oxygen atoms in total. The third-order valence-electron chi connectivity index (χ3n) is 6.35. The number of fused-ring (bicyclic) bond motifs is 3. The van der Waals surface area contributed by atoms with Gasteiger partial charge in [-0.05, 0) is 30.4 Å². The summed E-state index contributed by atoms with van der Waals surface area (Å²) in [6.07, 6.45) is 4.50. The first-order valence-corrected chi connectivity index (χ1v) is 10.3. The zero-order valence-corrected chi connectivity index (χ0v) is 17.4. The van der Waals surface area contributed by atoms with Crippen LogP contribution >= 0.6 is 0 Å². The summed E-state index contributed by atoms with van der Waals surface area (Å²) in [5.41, 5.74) is 0.0563. The molecule has 168 valence electrons. The highest BCUT2D eigenvalue weighted by Crippen LogP contribution is 2.47. The van der Waals surface area contributed by atoms with Gasteiger partial charge in [-0.25, -0.2) is 9.29 Å². The number of rotatable bonds is 4. The van der Waals surface area contributed by atoms with E-state index >= 15 is 0 Å². The Labute approximate surface area is 192 Å². The fraction of sp³-hybridized carbons (Fsp3) is 0.167. The van der Waals surface area contributed by atoms with E-state index in [4.69, 9.17) is 0 Å². The molecule has 0 aliphatic carbocycles. The molecule has 0 radical (unpaired) electrons. The highest BCUT2D eigenvalue weighted by molar-refractivity contribution is 6.24. The van der Waals surface area contributed by atoms with Gasteiger partial charge in [-0.15, -0.1) is 0 Å². The van der Waals surface area contributed by atoms with Crippen LogP contribution in [0.25, 0.3) is 0 Å². The van der Waals surface area contributed by atoms with E-state index in [1.165, 1.54) is 54.8 Å². The third kappa shape index (κ3) is 3.09. The molecule has 0 unspecified atom stereocenters. The van der Waals surface area contributed by atoms with Gasteiger partial charge in [0, 0.05) is 23.9 Å². The van der Waals surface area contributed by atoms with Gasteiger partial charge in [0.2, 0.25) is 11.8 Å². The molecular formula is C24H15FN4O5. The van der Waals surface area contributed by atoms with Crippen molar-refractivity contribution >= 4 is 29.0 Å². The largest absolute Gasteiger partial charge is 0.359 e. The predicted molar refractivity (Wildman–Crippen MR) is 116 cm³/mol. The second-order valence-corrected chi connectivity index (χ2v) is 8.15. The van der Waals surface area contributed by atoms with Gasteiger partial charge in [0.15, 0.2) is 5.78 Å². The average molecular weight is 458 g/mol. The Kier molecular flexibility index (Phi) is 4.83. The lowest BCUT2D eigenvalue weighted by Gasteiger charge is -2.32.